The van der Waals surface area contributed by atoms with Crippen LogP contribution in [0.15, 0.2) is 53.0 Å². The number of fused-ring (bicyclic) bond motifs is 1. The normalized spacial score (nSPS) is 15.8. The molecule has 0 saturated carbocycles. The molecule has 5 heteroatoms. The standard InChI is InChI=1S/C27H32N2O3/c1-18(23-15-24-19(2)20(3)32-26(24)16-25(23)31-4)14-27(30)28-22-10-12-29(13-11-22)17-21-8-6-5-7-9-21/h5-9,14-16,22H,10-13,17H2,1-4H3,(H,28,30)/b18-14+. The molecule has 2 heterocycles. The molecule has 1 aliphatic rings. The molecule has 0 spiro atoms. The highest BCUT2D eigenvalue weighted by molar-refractivity contribution is 5.97. The van der Waals surface area contributed by atoms with E-state index in [-0.39, 0.29) is 11.9 Å². The highest BCUT2D eigenvalue weighted by Crippen LogP contribution is 2.34. The van der Waals surface area contributed by atoms with Crippen LogP contribution in [0.1, 0.15) is 42.2 Å². The molecule has 0 unspecified atom stereocenters. The summed E-state index contributed by atoms with van der Waals surface area (Å²) in [5, 5.41) is 4.25. The van der Waals surface area contributed by atoms with E-state index >= 15 is 0 Å². The van der Waals surface area contributed by atoms with E-state index in [9.17, 15) is 4.79 Å². The number of carbonyl (C=O) groups is 1. The van der Waals surface area contributed by atoms with Crippen molar-refractivity contribution in [1.82, 2.24) is 10.2 Å². The van der Waals surface area contributed by atoms with Crippen molar-refractivity contribution in [2.45, 2.75) is 46.2 Å². The minimum Gasteiger partial charge on any atom is -0.496 e. The number of likely N-dealkylation sites (tertiary alicyclic amines) is 1. The van der Waals surface area contributed by atoms with Crippen LogP contribution in [-0.2, 0) is 11.3 Å². The van der Waals surface area contributed by atoms with Crippen molar-refractivity contribution in [3.05, 3.63) is 71.0 Å². The van der Waals surface area contributed by atoms with Crippen LogP contribution in [0.3, 0.4) is 0 Å². The Bertz CT molecular complexity index is 1120. The number of nitrogens with zero attached hydrogens (tertiary/aromatic N) is 1. The van der Waals surface area contributed by atoms with Gasteiger partial charge in [-0.25, -0.2) is 0 Å². The van der Waals surface area contributed by atoms with E-state index in [0.717, 1.165) is 65.9 Å². The molecule has 1 aliphatic heterocycles. The zero-order valence-electron chi connectivity index (χ0n) is 19.4. The van der Waals surface area contributed by atoms with E-state index in [1.807, 2.05) is 32.9 Å². The number of rotatable bonds is 6. The Morgan fingerprint density at radius 3 is 2.59 bits per heavy atom. The van der Waals surface area contributed by atoms with Crippen molar-refractivity contribution in [2.75, 3.05) is 20.2 Å². The lowest BCUT2D eigenvalue weighted by Crippen LogP contribution is -2.43. The molecule has 0 bridgehead atoms. The van der Waals surface area contributed by atoms with Crippen LogP contribution in [-0.4, -0.2) is 37.0 Å². The van der Waals surface area contributed by atoms with E-state index in [0.29, 0.717) is 5.75 Å². The second-order valence-corrected chi connectivity index (χ2v) is 8.70. The molecule has 5 nitrogen and oxygen atoms in total. The number of allylic oxidation sites excluding steroid dienone is 1. The first-order chi connectivity index (χ1) is 15.4. The number of benzene rings is 2. The zero-order valence-corrected chi connectivity index (χ0v) is 19.4. The average Bonchev–Trinajstić information content (AvgIpc) is 3.07. The summed E-state index contributed by atoms with van der Waals surface area (Å²) in [6, 6.07) is 14.7. The van der Waals surface area contributed by atoms with Crippen molar-refractivity contribution in [1.29, 1.82) is 0 Å². The van der Waals surface area contributed by atoms with Gasteiger partial charge in [0.05, 0.1) is 7.11 Å². The molecule has 3 aromatic rings. The van der Waals surface area contributed by atoms with Crippen LogP contribution < -0.4 is 10.1 Å². The van der Waals surface area contributed by atoms with Gasteiger partial charge in [0.15, 0.2) is 0 Å². The lowest BCUT2D eigenvalue weighted by Gasteiger charge is -2.32. The number of carbonyl (C=O) groups excluding carboxylic acids is 1. The van der Waals surface area contributed by atoms with Crippen LogP contribution in [0, 0.1) is 13.8 Å². The molecule has 32 heavy (non-hydrogen) atoms. The molecule has 2 aromatic carbocycles. The zero-order chi connectivity index (χ0) is 22.7. The quantitative estimate of drug-likeness (QED) is 0.541. The fourth-order valence-electron chi connectivity index (χ4n) is 4.44. The summed E-state index contributed by atoms with van der Waals surface area (Å²) in [5.41, 5.74) is 5.05. The fourth-order valence-corrected chi connectivity index (χ4v) is 4.44. The molecule has 1 aromatic heterocycles. The predicted molar refractivity (Wildman–Crippen MR) is 129 cm³/mol. The van der Waals surface area contributed by atoms with Gasteiger partial charge in [0.25, 0.3) is 0 Å². The van der Waals surface area contributed by atoms with Crippen molar-refractivity contribution < 1.29 is 13.9 Å². The third-order valence-electron chi connectivity index (χ3n) is 6.45. The number of nitrogens with one attached hydrogen (secondary N) is 1. The summed E-state index contributed by atoms with van der Waals surface area (Å²) < 4.78 is 11.4. The Hall–Kier alpha value is -3.05. The van der Waals surface area contributed by atoms with E-state index < -0.39 is 0 Å². The van der Waals surface area contributed by atoms with Gasteiger partial charge in [-0.05, 0) is 56.4 Å². The van der Waals surface area contributed by atoms with Gasteiger partial charge >= 0.3 is 0 Å². The SMILES string of the molecule is COc1cc2oc(C)c(C)c2cc1/C(C)=C/C(=O)NC1CCN(Cc2ccccc2)CC1. The lowest BCUT2D eigenvalue weighted by atomic mass is 10.0. The average molecular weight is 433 g/mol. The van der Waals surface area contributed by atoms with Gasteiger partial charge in [-0.3, -0.25) is 9.69 Å². The molecular weight excluding hydrogens is 400 g/mol. The predicted octanol–water partition coefficient (Wildman–Crippen LogP) is 5.24. The molecule has 0 radical (unpaired) electrons. The highest BCUT2D eigenvalue weighted by Gasteiger charge is 2.21. The van der Waals surface area contributed by atoms with Gasteiger partial charge in [0.1, 0.15) is 17.1 Å². The molecule has 1 N–H and O–H groups in total. The third kappa shape index (κ3) is 4.89. The van der Waals surface area contributed by atoms with Crippen molar-refractivity contribution in [3.8, 4) is 5.75 Å². The molecule has 4 rings (SSSR count). The van der Waals surface area contributed by atoms with E-state index in [2.05, 4.69) is 40.5 Å². The topological polar surface area (TPSA) is 54.7 Å². The Balaban J connectivity index is 1.39. The molecule has 0 aliphatic carbocycles. The second-order valence-electron chi connectivity index (χ2n) is 8.70. The largest absolute Gasteiger partial charge is 0.496 e. The summed E-state index contributed by atoms with van der Waals surface area (Å²) in [6.45, 7) is 8.91. The van der Waals surface area contributed by atoms with Crippen molar-refractivity contribution >= 4 is 22.4 Å². The molecule has 1 saturated heterocycles. The second kappa shape index (κ2) is 9.61. The van der Waals surface area contributed by atoms with E-state index in [1.165, 1.54) is 5.56 Å². The molecule has 0 atom stereocenters. The molecule has 1 amide bonds. The summed E-state index contributed by atoms with van der Waals surface area (Å²) in [7, 11) is 1.64. The van der Waals surface area contributed by atoms with Gasteiger partial charge in [-0.1, -0.05) is 30.3 Å². The van der Waals surface area contributed by atoms with Gasteiger partial charge < -0.3 is 14.5 Å². The maximum Gasteiger partial charge on any atom is 0.244 e. The fraction of sp³-hybridized carbons (Fsp3) is 0.370. The Kier molecular flexibility index (Phi) is 6.66. The van der Waals surface area contributed by atoms with Crippen molar-refractivity contribution in [2.24, 2.45) is 0 Å². The first-order valence-corrected chi connectivity index (χ1v) is 11.3. The number of ether oxygens (including phenoxy) is 1. The van der Waals surface area contributed by atoms with Gasteiger partial charge in [0, 0.05) is 48.8 Å². The molecule has 168 valence electrons. The molecule has 1 fully saturated rings. The first-order valence-electron chi connectivity index (χ1n) is 11.3. The summed E-state index contributed by atoms with van der Waals surface area (Å²) >= 11 is 0. The Morgan fingerprint density at radius 2 is 1.91 bits per heavy atom. The monoisotopic (exact) mass is 432 g/mol. The third-order valence-corrected chi connectivity index (χ3v) is 6.45. The van der Waals surface area contributed by atoms with Crippen LogP contribution in [0.4, 0.5) is 0 Å². The maximum atomic E-state index is 12.7. The number of hydrogen-bond acceptors (Lipinski definition) is 4. The van der Waals surface area contributed by atoms with Crippen LogP contribution in [0.2, 0.25) is 0 Å². The molecular formula is C27H32N2O3. The van der Waals surface area contributed by atoms with Gasteiger partial charge in [-0.15, -0.1) is 0 Å². The Morgan fingerprint density at radius 1 is 1.19 bits per heavy atom. The summed E-state index contributed by atoms with van der Waals surface area (Å²) in [6.07, 6.45) is 3.62. The Labute approximate surface area is 190 Å². The number of piperidine rings is 1. The van der Waals surface area contributed by atoms with Gasteiger partial charge in [-0.2, -0.15) is 0 Å². The number of aryl methyl sites for hydroxylation is 2. The van der Waals surface area contributed by atoms with E-state index in [4.69, 9.17) is 9.15 Å². The maximum absolute atomic E-state index is 12.7. The van der Waals surface area contributed by atoms with Crippen LogP contribution in [0.25, 0.3) is 16.5 Å². The number of amides is 1. The number of methoxy groups -OCH3 is 1. The van der Waals surface area contributed by atoms with E-state index in [1.54, 1.807) is 13.2 Å². The number of furan rings is 1. The van der Waals surface area contributed by atoms with Crippen molar-refractivity contribution in [3.63, 3.8) is 0 Å². The summed E-state index contributed by atoms with van der Waals surface area (Å²) in [4.78, 5) is 15.2. The smallest absolute Gasteiger partial charge is 0.244 e. The minimum atomic E-state index is -0.0498. The van der Waals surface area contributed by atoms with Gasteiger partial charge in [0.2, 0.25) is 5.91 Å². The lowest BCUT2D eigenvalue weighted by molar-refractivity contribution is -0.117. The highest BCUT2D eigenvalue weighted by atomic mass is 16.5. The minimum absolute atomic E-state index is 0.0498. The summed E-state index contributed by atoms with van der Waals surface area (Å²) in [5.74, 6) is 1.56. The van der Waals surface area contributed by atoms with Crippen LogP contribution >= 0.6 is 0 Å². The first kappa shape index (κ1) is 22.2. The number of hydrogen-bond donors (Lipinski definition) is 1. The van der Waals surface area contributed by atoms with Crippen LogP contribution in [0.5, 0.6) is 5.75 Å².